The van der Waals surface area contributed by atoms with E-state index >= 15 is 0 Å². The van der Waals surface area contributed by atoms with Gasteiger partial charge in [0.15, 0.2) is 5.78 Å². The van der Waals surface area contributed by atoms with E-state index in [1.165, 1.54) is 7.05 Å². The van der Waals surface area contributed by atoms with Crippen LogP contribution in [-0.4, -0.2) is 23.8 Å². The lowest BCUT2D eigenvalue weighted by Gasteiger charge is -2.31. The number of amides is 1. The summed E-state index contributed by atoms with van der Waals surface area (Å²) in [5.74, 6) is -1.16. The average Bonchev–Trinajstić information content (AvgIpc) is 2.36. The third-order valence-corrected chi connectivity index (χ3v) is 4.07. The van der Waals surface area contributed by atoms with Crippen LogP contribution in [0.25, 0.3) is 5.76 Å². The van der Waals surface area contributed by atoms with Crippen LogP contribution in [0.3, 0.4) is 0 Å². The van der Waals surface area contributed by atoms with Crippen LogP contribution >= 0.6 is 22.6 Å². The van der Waals surface area contributed by atoms with Crippen molar-refractivity contribution in [2.75, 3.05) is 7.05 Å². The Kier molecular flexibility index (Phi) is 3.42. The summed E-state index contributed by atoms with van der Waals surface area (Å²) in [6, 6.07) is 5.49. The molecule has 1 aliphatic carbocycles. The van der Waals surface area contributed by atoms with Crippen molar-refractivity contribution in [2.24, 2.45) is 0 Å². The number of hydrogen-bond acceptors (Lipinski definition) is 3. The number of ketones is 1. The van der Waals surface area contributed by atoms with Gasteiger partial charge in [-0.1, -0.05) is 6.07 Å². The molecule has 1 aliphatic rings. The number of hydrogen-bond donors (Lipinski definition) is 2. The molecule has 1 amide bonds. The number of likely N-dealkylation sites (N-methyl/N-ethyl adjacent to an activating group) is 1. The molecule has 0 unspecified atom stereocenters. The van der Waals surface area contributed by atoms with Gasteiger partial charge in [0.2, 0.25) is 0 Å². The Labute approximate surface area is 125 Å². The summed E-state index contributed by atoms with van der Waals surface area (Å²) in [4.78, 5) is 24.2. The van der Waals surface area contributed by atoms with E-state index in [-0.39, 0.29) is 17.1 Å². The van der Waals surface area contributed by atoms with Crippen LogP contribution in [0.4, 0.5) is 0 Å². The highest BCUT2D eigenvalue weighted by Crippen LogP contribution is 2.39. The van der Waals surface area contributed by atoms with Crippen LogP contribution in [0, 0.1) is 3.57 Å². The van der Waals surface area contributed by atoms with Gasteiger partial charge in [-0.05, 0) is 54.1 Å². The van der Waals surface area contributed by atoms with E-state index in [9.17, 15) is 14.7 Å². The van der Waals surface area contributed by atoms with Crippen LogP contribution in [0.2, 0.25) is 0 Å². The molecule has 0 heterocycles. The molecule has 0 fully saturated rings. The maximum absolute atomic E-state index is 12.4. The van der Waals surface area contributed by atoms with Gasteiger partial charge in [0.1, 0.15) is 11.3 Å². The zero-order chi connectivity index (χ0) is 14.4. The van der Waals surface area contributed by atoms with Gasteiger partial charge in [0, 0.05) is 16.2 Å². The fourth-order valence-electron chi connectivity index (χ4n) is 2.27. The Balaban J connectivity index is 2.80. The van der Waals surface area contributed by atoms with Gasteiger partial charge in [-0.25, -0.2) is 0 Å². The van der Waals surface area contributed by atoms with Gasteiger partial charge in [-0.2, -0.15) is 0 Å². The van der Waals surface area contributed by atoms with Crippen molar-refractivity contribution < 1.29 is 14.7 Å². The molecule has 100 valence electrons. The molecule has 0 aromatic heterocycles. The van der Waals surface area contributed by atoms with Gasteiger partial charge in [-0.3, -0.25) is 9.59 Å². The minimum Gasteiger partial charge on any atom is -0.506 e. The standard InChI is InChI=1S/C14H14INO3/c1-14(2)9-5-4-7(15)6-8(9)11(17)10(12(14)18)13(19)16-3/h4-6,17H,1-3H3,(H,16,19). The lowest BCUT2D eigenvalue weighted by molar-refractivity contribution is -0.125. The van der Waals surface area contributed by atoms with E-state index in [1.54, 1.807) is 19.9 Å². The molecule has 2 rings (SSSR count). The predicted molar refractivity (Wildman–Crippen MR) is 80.8 cm³/mol. The second kappa shape index (κ2) is 4.63. The molecule has 0 spiro atoms. The summed E-state index contributed by atoms with van der Waals surface area (Å²) in [5.41, 5.74) is 0.300. The SMILES string of the molecule is CNC(=O)C1=C(O)c2cc(I)ccc2C(C)(C)C1=O. The molecule has 0 radical (unpaired) electrons. The van der Waals surface area contributed by atoms with Crippen LogP contribution in [-0.2, 0) is 15.0 Å². The number of Topliss-reactive ketones (excluding diaryl/α,β-unsaturated/α-hetero) is 1. The highest BCUT2D eigenvalue weighted by Gasteiger charge is 2.42. The van der Waals surface area contributed by atoms with Crippen LogP contribution in [0.15, 0.2) is 23.8 Å². The highest BCUT2D eigenvalue weighted by molar-refractivity contribution is 14.1. The second-order valence-electron chi connectivity index (χ2n) is 4.95. The zero-order valence-electron chi connectivity index (χ0n) is 10.9. The lowest BCUT2D eigenvalue weighted by Crippen LogP contribution is -2.40. The number of fused-ring (bicyclic) bond motifs is 1. The smallest absolute Gasteiger partial charge is 0.258 e. The Morgan fingerprint density at radius 2 is 2.00 bits per heavy atom. The molecule has 0 bridgehead atoms. The molecular formula is C14H14INO3. The van der Waals surface area contributed by atoms with Crippen LogP contribution in [0.1, 0.15) is 25.0 Å². The van der Waals surface area contributed by atoms with Crippen molar-refractivity contribution in [2.45, 2.75) is 19.3 Å². The normalized spacial score (nSPS) is 17.2. The maximum Gasteiger partial charge on any atom is 0.258 e. The molecule has 0 saturated carbocycles. The molecule has 1 aromatic carbocycles. The lowest BCUT2D eigenvalue weighted by atomic mass is 9.71. The summed E-state index contributed by atoms with van der Waals surface area (Å²) in [5, 5.41) is 12.6. The van der Waals surface area contributed by atoms with Gasteiger partial charge in [0.25, 0.3) is 5.91 Å². The maximum atomic E-state index is 12.4. The van der Waals surface area contributed by atoms with Crippen molar-refractivity contribution in [1.82, 2.24) is 5.32 Å². The molecule has 0 atom stereocenters. The van der Waals surface area contributed by atoms with Gasteiger partial charge in [0.05, 0.1) is 5.41 Å². The molecule has 4 nitrogen and oxygen atoms in total. The summed E-state index contributed by atoms with van der Waals surface area (Å²) < 4.78 is 0.935. The van der Waals surface area contributed by atoms with E-state index in [4.69, 9.17) is 0 Å². The predicted octanol–water partition coefficient (Wildman–Crippen LogP) is 2.17. The summed E-state index contributed by atoms with van der Waals surface area (Å²) in [6.07, 6.45) is 0. The molecule has 2 N–H and O–H groups in total. The monoisotopic (exact) mass is 371 g/mol. The highest BCUT2D eigenvalue weighted by atomic mass is 127. The minimum atomic E-state index is -0.826. The average molecular weight is 371 g/mol. The van der Waals surface area contributed by atoms with Crippen LogP contribution < -0.4 is 5.32 Å². The first-order chi connectivity index (χ1) is 8.80. The third kappa shape index (κ3) is 2.05. The quantitative estimate of drug-likeness (QED) is 0.588. The molecule has 19 heavy (non-hydrogen) atoms. The second-order valence-corrected chi connectivity index (χ2v) is 6.19. The molecule has 1 aromatic rings. The Bertz CT molecular complexity index is 617. The Morgan fingerprint density at radius 3 is 2.58 bits per heavy atom. The number of nitrogens with one attached hydrogen (secondary N) is 1. The fraction of sp³-hybridized carbons (Fsp3) is 0.286. The number of carbonyl (C=O) groups is 2. The molecule has 0 saturated heterocycles. The third-order valence-electron chi connectivity index (χ3n) is 3.40. The molecule has 0 aliphatic heterocycles. The topological polar surface area (TPSA) is 66.4 Å². The van der Waals surface area contributed by atoms with Gasteiger partial charge in [-0.15, -0.1) is 0 Å². The van der Waals surface area contributed by atoms with E-state index < -0.39 is 11.3 Å². The summed E-state index contributed by atoms with van der Waals surface area (Å²) in [7, 11) is 1.44. The Morgan fingerprint density at radius 1 is 1.37 bits per heavy atom. The molecule has 5 heteroatoms. The number of halogens is 1. The van der Waals surface area contributed by atoms with Crippen molar-refractivity contribution >= 4 is 40.0 Å². The van der Waals surface area contributed by atoms with E-state index in [0.29, 0.717) is 5.56 Å². The number of benzene rings is 1. The van der Waals surface area contributed by atoms with E-state index in [2.05, 4.69) is 27.9 Å². The fourth-order valence-corrected chi connectivity index (χ4v) is 2.76. The summed E-state index contributed by atoms with van der Waals surface area (Å²) >= 11 is 2.13. The first kappa shape index (κ1) is 14.0. The molecular weight excluding hydrogens is 357 g/mol. The van der Waals surface area contributed by atoms with E-state index in [1.807, 2.05) is 12.1 Å². The number of aliphatic hydroxyl groups excluding tert-OH is 1. The Hall–Kier alpha value is -1.37. The van der Waals surface area contributed by atoms with Crippen molar-refractivity contribution in [3.63, 3.8) is 0 Å². The van der Waals surface area contributed by atoms with Crippen molar-refractivity contribution in [3.05, 3.63) is 38.5 Å². The van der Waals surface area contributed by atoms with Gasteiger partial charge >= 0.3 is 0 Å². The summed E-state index contributed by atoms with van der Waals surface area (Å²) in [6.45, 7) is 3.52. The van der Waals surface area contributed by atoms with Gasteiger partial charge < -0.3 is 10.4 Å². The van der Waals surface area contributed by atoms with Crippen molar-refractivity contribution in [1.29, 1.82) is 0 Å². The zero-order valence-corrected chi connectivity index (χ0v) is 13.0. The van der Waals surface area contributed by atoms with E-state index in [0.717, 1.165) is 9.13 Å². The van der Waals surface area contributed by atoms with Crippen molar-refractivity contribution in [3.8, 4) is 0 Å². The van der Waals surface area contributed by atoms with Crippen LogP contribution in [0.5, 0.6) is 0 Å². The number of aliphatic hydroxyl groups is 1. The largest absolute Gasteiger partial charge is 0.506 e. The first-order valence-electron chi connectivity index (χ1n) is 5.81. The first-order valence-corrected chi connectivity index (χ1v) is 6.89. The number of rotatable bonds is 1. The number of carbonyl (C=O) groups excluding carboxylic acids is 2. The minimum absolute atomic E-state index is 0.165.